The van der Waals surface area contributed by atoms with Crippen molar-refractivity contribution in [1.82, 2.24) is 4.68 Å². The molecule has 1 aromatic heterocycles. The van der Waals surface area contributed by atoms with Crippen molar-refractivity contribution in [2.45, 2.75) is 51.4 Å². The maximum absolute atomic E-state index is 13.7. The van der Waals surface area contributed by atoms with Crippen LogP contribution in [0, 0.1) is 12.3 Å². The van der Waals surface area contributed by atoms with Crippen molar-refractivity contribution in [3.05, 3.63) is 51.9 Å². The molecular weight excluding hydrogens is 544 g/mol. The molecule has 1 saturated carbocycles. The number of piperidine rings is 2. The monoisotopic (exact) mass is 579 g/mol. The van der Waals surface area contributed by atoms with Crippen molar-refractivity contribution in [1.29, 1.82) is 0 Å². The molecule has 3 N–H and O–H groups in total. The zero-order valence-electron chi connectivity index (χ0n) is 22.5. The normalized spacial score (nSPS) is 19.9. The Morgan fingerprint density at radius 1 is 1.00 bits per heavy atom. The number of carbonyl (C=O) groups is 1. The van der Waals surface area contributed by atoms with Gasteiger partial charge in [-0.1, -0.05) is 0 Å². The van der Waals surface area contributed by atoms with Crippen LogP contribution in [0.15, 0.2) is 35.1 Å². The number of alkyl halides is 2. The first-order valence-corrected chi connectivity index (χ1v) is 15.2. The van der Waals surface area contributed by atoms with Crippen molar-refractivity contribution < 1.29 is 27.1 Å². The molecular formula is C27H35F2N5O5S. The highest BCUT2D eigenvalue weighted by Gasteiger charge is 2.44. The van der Waals surface area contributed by atoms with Crippen LogP contribution in [0.1, 0.15) is 54.6 Å². The first-order valence-electron chi connectivity index (χ1n) is 13.6. The van der Waals surface area contributed by atoms with E-state index in [1.54, 1.807) is 24.1 Å². The molecule has 1 amide bonds. The molecule has 0 atom stereocenters. The second-order valence-corrected chi connectivity index (χ2v) is 13.0. The van der Waals surface area contributed by atoms with E-state index < -0.39 is 39.8 Å². The van der Waals surface area contributed by atoms with E-state index in [0.717, 1.165) is 12.8 Å². The van der Waals surface area contributed by atoms with Crippen LogP contribution in [0.3, 0.4) is 0 Å². The number of aliphatic hydroxyl groups is 1. The summed E-state index contributed by atoms with van der Waals surface area (Å²) >= 11 is 0. The highest BCUT2D eigenvalue weighted by atomic mass is 32.2. The Morgan fingerprint density at radius 3 is 2.30 bits per heavy atom. The number of benzene rings is 1. The predicted molar refractivity (Wildman–Crippen MR) is 150 cm³/mol. The van der Waals surface area contributed by atoms with Crippen LogP contribution in [0.5, 0.6) is 0 Å². The van der Waals surface area contributed by atoms with Gasteiger partial charge in [-0.25, -0.2) is 21.9 Å². The van der Waals surface area contributed by atoms with E-state index in [0.29, 0.717) is 29.9 Å². The first kappa shape index (κ1) is 28.3. The van der Waals surface area contributed by atoms with Crippen molar-refractivity contribution in [3.63, 3.8) is 0 Å². The molecule has 2 aromatic rings. The van der Waals surface area contributed by atoms with Crippen LogP contribution in [0.25, 0.3) is 0 Å². The molecule has 3 aliphatic rings. The minimum Gasteiger partial charge on any atom is -0.395 e. The zero-order chi connectivity index (χ0) is 28.7. The van der Waals surface area contributed by atoms with E-state index in [2.05, 4.69) is 14.9 Å². The average molecular weight is 580 g/mol. The fraction of sp³-hybridized carbons (Fsp3) is 0.556. The molecule has 5 rings (SSSR count). The molecule has 2 aliphatic heterocycles. The SMILES string of the molecule is Cc1ccc(NC(=O)c2ccc(NS(=O)(=O)CCO)cc2N2CCC3(CC2)CC3)c(=O)n1N1CCC(F)(F)CC1. The highest BCUT2D eigenvalue weighted by Crippen LogP contribution is 2.54. The van der Waals surface area contributed by atoms with Gasteiger partial charge in [0.1, 0.15) is 5.69 Å². The van der Waals surface area contributed by atoms with Gasteiger partial charge >= 0.3 is 0 Å². The minimum absolute atomic E-state index is 0.0133. The topological polar surface area (TPSA) is 124 Å². The van der Waals surface area contributed by atoms with Gasteiger partial charge in [-0.05, 0) is 68.4 Å². The van der Waals surface area contributed by atoms with Crippen LogP contribution in [-0.2, 0) is 10.0 Å². The van der Waals surface area contributed by atoms with E-state index in [1.807, 2.05) is 0 Å². The first-order chi connectivity index (χ1) is 18.9. The molecule has 13 heteroatoms. The highest BCUT2D eigenvalue weighted by molar-refractivity contribution is 7.92. The summed E-state index contributed by atoms with van der Waals surface area (Å²) in [6.45, 7) is 2.63. The van der Waals surface area contributed by atoms with Gasteiger partial charge in [0.05, 0.1) is 29.3 Å². The van der Waals surface area contributed by atoms with Crippen LogP contribution in [-0.4, -0.2) is 68.6 Å². The molecule has 1 aliphatic carbocycles. The number of sulfonamides is 1. The molecule has 3 fully saturated rings. The van der Waals surface area contributed by atoms with E-state index in [-0.39, 0.29) is 42.9 Å². The van der Waals surface area contributed by atoms with Gasteiger partial charge < -0.3 is 20.3 Å². The Bertz CT molecular complexity index is 1440. The van der Waals surface area contributed by atoms with E-state index in [1.165, 1.54) is 35.7 Å². The van der Waals surface area contributed by atoms with Gasteiger partial charge in [-0.2, -0.15) is 0 Å². The Kier molecular flexibility index (Phi) is 7.55. The summed E-state index contributed by atoms with van der Waals surface area (Å²) in [7, 11) is -3.77. The largest absolute Gasteiger partial charge is 0.395 e. The molecule has 0 unspecified atom stereocenters. The van der Waals surface area contributed by atoms with Crippen LogP contribution in [0.4, 0.5) is 25.8 Å². The number of nitrogens with zero attached hydrogens (tertiary/aromatic N) is 3. The number of carbonyl (C=O) groups excluding carboxylic acids is 1. The van der Waals surface area contributed by atoms with Gasteiger partial charge in [-0.15, -0.1) is 0 Å². The summed E-state index contributed by atoms with van der Waals surface area (Å²) in [5, 5.41) is 13.3. The molecule has 10 nitrogen and oxygen atoms in total. The molecule has 40 heavy (non-hydrogen) atoms. The molecule has 1 spiro atoms. The summed E-state index contributed by atoms with van der Waals surface area (Å²) in [6.07, 6.45) is 3.64. The summed E-state index contributed by atoms with van der Waals surface area (Å²) in [6, 6.07) is 7.75. The summed E-state index contributed by atoms with van der Waals surface area (Å²) in [5.41, 5.74) is 1.54. The van der Waals surface area contributed by atoms with E-state index in [9.17, 15) is 26.8 Å². The fourth-order valence-electron chi connectivity index (χ4n) is 5.58. The summed E-state index contributed by atoms with van der Waals surface area (Å²) in [4.78, 5) is 29.0. The Labute approximate surface area is 232 Å². The van der Waals surface area contributed by atoms with Gasteiger partial charge in [0.2, 0.25) is 10.0 Å². The van der Waals surface area contributed by atoms with Gasteiger partial charge in [0, 0.05) is 44.7 Å². The molecule has 218 valence electrons. The van der Waals surface area contributed by atoms with Crippen molar-refractivity contribution in [3.8, 4) is 0 Å². The van der Waals surface area contributed by atoms with Crippen LogP contribution in [0.2, 0.25) is 0 Å². The lowest BCUT2D eigenvalue weighted by atomic mass is 9.93. The number of anilines is 3. The van der Waals surface area contributed by atoms with E-state index in [4.69, 9.17) is 5.11 Å². The quantitative estimate of drug-likeness (QED) is 0.440. The second-order valence-electron chi connectivity index (χ2n) is 11.1. The van der Waals surface area contributed by atoms with Crippen LogP contribution >= 0.6 is 0 Å². The molecule has 0 bridgehead atoms. The number of hydrogen-bond acceptors (Lipinski definition) is 7. The number of hydrogen-bond donors (Lipinski definition) is 3. The van der Waals surface area contributed by atoms with Crippen molar-refractivity contribution >= 4 is 33.0 Å². The Hall–Kier alpha value is -3.19. The third-order valence-electron chi connectivity index (χ3n) is 8.25. The lowest BCUT2D eigenvalue weighted by Gasteiger charge is -2.35. The lowest BCUT2D eigenvalue weighted by molar-refractivity contribution is -0.0261. The Balaban J connectivity index is 1.42. The predicted octanol–water partition coefficient (Wildman–Crippen LogP) is 2.89. The number of amides is 1. The maximum Gasteiger partial charge on any atom is 0.292 e. The lowest BCUT2D eigenvalue weighted by Crippen LogP contribution is -2.50. The summed E-state index contributed by atoms with van der Waals surface area (Å²) < 4.78 is 55.7. The zero-order valence-corrected chi connectivity index (χ0v) is 23.3. The maximum atomic E-state index is 13.7. The number of rotatable bonds is 8. The number of halogens is 2. The third-order valence-corrected chi connectivity index (χ3v) is 9.51. The van der Waals surface area contributed by atoms with Crippen molar-refractivity contribution in [2.24, 2.45) is 5.41 Å². The third kappa shape index (κ3) is 6.09. The van der Waals surface area contributed by atoms with Gasteiger partial charge in [0.25, 0.3) is 17.4 Å². The molecule has 0 radical (unpaired) electrons. The van der Waals surface area contributed by atoms with E-state index >= 15 is 0 Å². The standard InChI is InChI=1S/C27H35F2N5O5S/c1-19-2-5-22(25(37)34(19)33-14-10-27(28,29)11-15-33)30-24(36)21-4-3-20(31-40(38,39)17-16-35)18-23(21)32-12-8-26(6-7-26)9-13-32/h2-5,18,31,35H,6-17H2,1H3,(H,30,36). The second kappa shape index (κ2) is 10.7. The van der Waals surface area contributed by atoms with Crippen LogP contribution < -0.4 is 25.5 Å². The fourth-order valence-corrected chi connectivity index (χ4v) is 6.41. The smallest absolute Gasteiger partial charge is 0.292 e. The molecule has 1 aromatic carbocycles. The number of pyridine rings is 1. The average Bonchev–Trinajstić information content (AvgIpc) is 3.65. The molecule has 3 heterocycles. The Morgan fingerprint density at radius 2 is 1.68 bits per heavy atom. The number of aliphatic hydroxyl groups excluding tert-OH is 1. The van der Waals surface area contributed by atoms with Gasteiger partial charge in [0.15, 0.2) is 0 Å². The number of aromatic nitrogens is 1. The molecule has 2 saturated heterocycles. The minimum atomic E-state index is -3.77. The van der Waals surface area contributed by atoms with Gasteiger partial charge in [-0.3, -0.25) is 14.3 Å². The summed E-state index contributed by atoms with van der Waals surface area (Å²) in [5.74, 6) is -3.75. The number of aryl methyl sites for hydroxylation is 1. The number of nitrogens with one attached hydrogen (secondary N) is 2. The van der Waals surface area contributed by atoms with Crippen molar-refractivity contribution in [2.75, 3.05) is 58.5 Å².